The summed E-state index contributed by atoms with van der Waals surface area (Å²) < 4.78 is 5.04. The summed E-state index contributed by atoms with van der Waals surface area (Å²) in [5, 5.41) is 27.0. The van der Waals surface area contributed by atoms with Gasteiger partial charge in [-0.2, -0.15) is 0 Å². The number of aryl methyl sites for hydroxylation is 1. The normalized spacial score (nSPS) is 17.1. The zero-order valence-corrected chi connectivity index (χ0v) is 24.9. The van der Waals surface area contributed by atoms with E-state index in [1.165, 1.54) is 6.07 Å². The van der Waals surface area contributed by atoms with Crippen molar-refractivity contribution in [3.63, 3.8) is 0 Å². The average Bonchev–Trinajstić information content (AvgIpc) is 3.43. The Labute approximate surface area is 251 Å². The molecule has 0 bridgehead atoms. The van der Waals surface area contributed by atoms with E-state index < -0.39 is 35.8 Å². The first kappa shape index (κ1) is 31.7. The molecule has 3 aromatic rings. The van der Waals surface area contributed by atoms with Crippen LogP contribution in [0.2, 0.25) is 0 Å². The number of aliphatic hydroxyl groups excluding tert-OH is 1. The zero-order valence-electron chi connectivity index (χ0n) is 24.9. The highest BCUT2D eigenvalue weighted by molar-refractivity contribution is 5.97. The van der Waals surface area contributed by atoms with Crippen LogP contribution < -0.4 is 21.3 Å². The van der Waals surface area contributed by atoms with Crippen molar-refractivity contribution in [2.24, 2.45) is 11.8 Å². The van der Waals surface area contributed by atoms with Crippen LogP contribution in [-0.4, -0.2) is 65.2 Å². The molecule has 43 heavy (non-hydrogen) atoms. The van der Waals surface area contributed by atoms with Crippen molar-refractivity contribution < 1.29 is 28.8 Å². The number of aliphatic hydroxyl groups is 1. The van der Waals surface area contributed by atoms with E-state index in [2.05, 4.69) is 26.4 Å². The molecule has 11 heteroatoms. The Morgan fingerprint density at radius 3 is 2.49 bits per heavy atom. The maximum absolute atomic E-state index is 13.8. The number of nitrogens with one attached hydrogen (secondary N) is 4. The summed E-state index contributed by atoms with van der Waals surface area (Å²) in [6.07, 6.45) is 2.32. The van der Waals surface area contributed by atoms with Gasteiger partial charge in [0, 0.05) is 24.9 Å². The number of benzene rings is 2. The second-order valence-electron chi connectivity index (χ2n) is 11.6. The van der Waals surface area contributed by atoms with Crippen LogP contribution in [0.5, 0.6) is 0 Å². The third-order valence-electron chi connectivity index (χ3n) is 7.66. The van der Waals surface area contributed by atoms with Crippen LogP contribution in [0.25, 0.3) is 10.8 Å². The predicted octanol–water partition coefficient (Wildman–Crippen LogP) is 2.40. The number of carbonyl (C=O) groups is 4. The Bertz CT molecular complexity index is 1430. The fraction of sp³-hybridized carbons (Fsp3) is 0.469. The molecule has 0 radical (unpaired) electrons. The lowest BCUT2D eigenvalue weighted by Crippen LogP contribution is -2.56. The highest BCUT2D eigenvalue weighted by Crippen LogP contribution is 2.21. The second kappa shape index (κ2) is 14.8. The first-order chi connectivity index (χ1) is 20.6. The highest BCUT2D eigenvalue weighted by Gasteiger charge is 2.31. The van der Waals surface area contributed by atoms with E-state index in [1.807, 2.05) is 56.3 Å². The van der Waals surface area contributed by atoms with E-state index in [0.29, 0.717) is 31.6 Å². The standard InChI is InChI=1S/C32H41N5O6/c1-19(2)14-26(30(40)34-24(18-38)16-23-11-7-13-33-29(23)39)35-31(41)27(36-32(42)28-15-20(3)43-37-28)17-22-10-6-9-21-8-4-5-12-25(21)22/h4-6,8-10,12,15,19,23-24,26-27,38H,7,11,13-14,16-18H2,1-3H3,(H,33,39)(H,34,40)(H,35,41)(H,36,42)/t23-,24?,26?,27?/m0/s1. The Kier molecular flexibility index (Phi) is 10.9. The number of hydrogen-bond donors (Lipinski definition) is 5. The molecule has 4 atom stereocenters. The lowest BCUT2D eigenvalue weighted by atomic mass is 9.91. The summed E-state index contributed by atoms with van der Waals surface area (Å²) in [6.45, 7) is 5.82. The number of carbonyl (C=O) groups excluding carboxylic acids is 4. The summed E-state index contributed by atoms with van der Waals surface area (Å²) in [6, 6.07) is 12.4. The smallest absolute Gasteiger partial charge is 0.274 e. The fourth-order valence-corrected chi connectivity index (χ4v) is 5.47. The van der Waals surface area contributed by atoms with Crippen molar-refractivity contribution in [1.82, 2.24) is 26.4 Å². The van der Waals surface area contributed by atoms with Gasteiger partial charge in [0.2, 0.25) is 17.7 Å². The van der Waals surface area contributed by atoms with Crippen molar-refractivity contribution in [1.29, 1.82) is 0 Å². The Hall–Kier alpha value is -4.25. The van der Waals surface area contributed by atoms with Gasteiger partial charge in [0.05, 0.1) is 12.6 Å². The Morgan fingerprint density at radius 1 is 1.05 bits per heavy atom. The first-order valence-electron chi connectivity index (χ1n) is 14.8. The molecule has 1 aliphatic heterocycles. The van der Waals surface area contributed by atoms with Gasteiger partial charge in [0.1, 0.15) is 17.8 Å². The van der Waals surface area contributed by atoms with Gasteiger partial charge in [0.25, 0.3) is 5.91 Å². The van der Waals surface area contributed by atoms with Crippen LogP contribution in [-0.2, 0) is 20.8 Å². The maximum atomic E-state index is 13.8. The number of aromatic nitrogens is 1. The predicted molar refractivity (Wildman–Crippen MR) is 161 cm³/mol. The van der Waals surface area contributed by atoms with Crippen molar-refractivity contribution in [2.75, 3.05) is 13.2 Å². The van der Waals surface area contributed by atoms with Gasteiger partial charge in [0.15, 0.2) is 5.69 Å². The minimum Gasteiger partial charge on any atom is -0.394 e. The molecule has 4 rings (SSSR count). The van der Waals surface area contributed by atoms with E-state index in [1.54, 1.807) is 6.92 Å². The van der Waals surface area contributed by atoms with Crippen LogP contribution >= 0.6 is 0 Å². The number of hydrogen-bond acceptors (Lipinski definition) is 7. The highest BCUT2D eigenvalue weighted by atomic mass is 16.5. The van der Waals surface area contributed by atoms with Crippen molar-refractivity contribution >= 4 is 34.4 Å². The van der Waals surface area contributed by atoms with Gasteiger partial charge in [-0.05, 0) is 54.9 Å². The SMILES string of the molecule is Cc1cc(C(=O)NC(Cc2cccc3ccccc23)C(=O)NC(CC(C)C)C(=O)NC(CO)C[C@@H]2CCCNC2=O)no1. The quantitative estimate of drug-likeness (QED) is 0.204. The molecule has 5 N–H and O–H groups in total. The fourth-order valence-electron chi connectivity index (χ4n) is 5.47. The molecule has 2 aromatic carbocycles. The van der Waals surface area contributed by atoms with E-state index in [-0.39, 0.29) is 36.5 Å². The third-order valence-corrected chi connectivity index (χ3v) is 7.66. The molecule has 0 saturated carbocycles. The summed E-state index contributed by atoms with van der Waals surface area (Å²) in [7, 11) is 0. The average molecular weight is 592 g/mol. The largest absolute Gasteiger partial charge is 0.394 e. The van der Waals surface area contributed by atoms with Gasteiger partial charge in [-0.1, -0.05) is 61.5 Å². The number of rotatable bonds is 13. The van der Waals surface area contributed by atoms with Crippen LogP contribution in [0.15, 0.2) is 53.1 Å². The van der Waals surface area contributed by atoms with Crippen molar-refractivity contribution in [3.8, 4) is 0 Å². The molecule has 1 aliphatic rings. The Balaban J connectivity index is 1.53. The summed E-state index contributed by atoms with van der Waals surface area (Å²) in [5.74, 6) is -1.44. The molecule has 0 spiro atoms. The molecular weight excluding hydrogens is 550 g/mol. The van der Waals surface area contributed by atoms with Crippen LogP contribution in [0.1, 0.15) is 61.3 Å². The van der Waals surface area contributed by atoms with Crippen LogP contribution in [0.3, 0.4) is 0 Å². The summed E-state index contributed by atoms with van der Waals surface area (Å²) in [4.78, 5) is 52.6. The Morgan fingerprint density at radius 2 is 1.79 bits per heavy atom. The first-order valence-corrected chi connectivity index (χ1v) is 14.8. The minimum absolute atomic E-state index is 0.0437. The molecule has 1 fully saturated rings. The van der Waals surface area contributed by atoms with Crippen molar-refractivity contribution in [2.45, 2.75) is 71.0 Å². The van der Waals surface area contributed by atoms with Gasteiger partial charge in [-0.15, -0.1) is 0 Å². The van der Waals surface area contributed by atoms with E-state index in [0.717, 1.165) is 22.8 Å². The van der Waals surface area contributed by atoms with Gasteiger partial charge < -0.3 is 30.9 Å². The maximum Gasteiger partial charge on any atom is 0.274 e. The van der Waals surface area contributed by atoms with Crippen molar-refractivity contribution in [3.05, 3.63) is 65.5 Å². The van der Waals surface area contributed by atoms with E-state index >= 15 is 0 Å². The molecule has 3 unspecified atom stereocenters. The molecular formula is C32H41N5O6. The van der Waals surface area contributed by atoms with Gasteiger partial charge in [-0.3, -0.25) is 19.2 Å². The molecule has 1 aromatic heterocycles. The topological polar surface area (TPSA) is 163 Å². The van der Waals surface area contributed by atoms with Crippen LogP contribution in [0.4, 0.5) is 0 Å². The molecule has 1 saturated heterocycles. The molecule has 2 heterocycles. The second-order valence-corrected chi connectivity index (χ2v) is 11.6. The summed E-state index contributed by atoms with van der Waals surface area (Å²) in [5.41, 5.74) is 0.896. The number of amides is 4. The monoisotopic (exact) mass is 591 g/mol. The lowest BCUT2D eigenvalue weighted by Gasteiger charge is -2.28. The molecule has 0 aliphatic carbocycles. The molecule has 11 nitrogen and oxygen atoms in total. The number of nitrogens with zero attached hydrogens (tertiary/aromatic N) is 1. The summed E-state index contributed by atoms with van der Waals surface area (Å²) >= 11 is 0. The van der Waals surface area contributed by atoms with Gasteiger partial charge >= 0.3 is 0 Å². The van der Waals surface area contributed by atoms with E-state index in [9.17, 15) is 24.3 Å². The molecule has 230 valence electrons. The number of piperidine rings is 1. The lowest BCUT2D eigenvalue weighted by molar-refractivity contribution is -0.131. The van der Waals surface area contributed by atoms with Crippen LogP contribution in [0, 0.1) is 18.8 Å². The number of fused-ring (bicyclic) bond motifs is 1. The third kappa shape index (κ3) is 8.63. The minimum atomic E-state index is -1.03. The van der Waals surface area contributed by atoms with E-state index in [4.69, 9.17) is 4.52 Å². The van der Waals surface area contributed by atoms with Gasteiger partial charge in [-0.25, -0.2) is 0 Å². The zero-order chi connectivity index (χ0) is 30.9. The molecule has 4 amide bonds.